The lowest BCUT2D eigenvalue weighted by atomic mass is 10.1. The minimum absolute atomic E-state index is 0.647. The topological polar surface area (TPSA) is 15.3 Å². The maximum Gasteiger partial charge on any atom is 0.0218 e. The Bertz CT molecular complexity index is 145. The molecule has 2 unspecified atom stereocenters. The molecule has 0 aliphatic carbocycles. The number of nitrogens with zero attached hydrogens (tertiary/aromatic N) is 1. The van der Waals surface area contributed by atoms with Gasteiger partial charge in [-0.15, -0.1) is 0 Å². The molecule has 1 fully saturated rings. The van der Waals surface area contributed by atoms with Crippen LogP contribution in [0.25, 0.3) is 0 Å². The van der Waals surface area contributed by atoms with Gasteiger partial charge in [0.2, 0.25) is 0 Å². The highest BCUT2D eigenvalue weighted by molar-refractivity contribution is 4.79. The van der Waals surface area contributed by atoms with Crippen LogP contribution in [0.3, 0.4) is 0 Å². The smallest absolute Gasteiger partial charge is 0.0218 e. The van der Waals surface area contributed by atoms with Crippen LogP contribution in [0.1, 0.15) is 33.6 Å². The summed E-state index contributed by atoms with van der Waals surface area (Å²) in [5.41, 5.74) is 0. The predicted octanol–water partition coefficient (Wildman–Crippen LogP) is 1.71. The Morgan fingerprint density at radius 2 is 2.08 bits per heavy atom. The number of hydrogen-bond donors (Lipinski definition) is 1. The molecule has 0 bridgehead atoms. The number of likely N-dealkylation sites (tertiary alicyclic amines) is 1. The molecule has 78 valence electrons. The summed E-state index contributed by atoms with van der Waals surface area (Å²) in [5.74, 6) is 0.742. The SMILES string of the molecule is CC(C)C(C)NCC1CCCN1C. The first-order valence-electron chi connectivity index (χ1n) is 5.55. The third kappa shape index (κ3) is 3.28. The summed E-state index contributed by atoms with van der Waals surface area (Å²) in [6, 6.07) is 1.43. The second kappa shape index (κ2) is 4.97. The van der Waals surface area contributed by atoms with Crippen molar-refractivity contribution < 1.29 is 0 Å². The number of hydrogen-bond acceptors (Lipinski definition) is 2. The lowest BCUT2D eigenvalue weighted by Crippen LogP contribution is -2.41. The van der Waals surface area contributed by atoms with Gasteiger partial charge < -0.3 is 10.2 Å². The zero-order valence-corrected chi connectivity index (χ0v) is 9.51. The van der Waals surface area contributed by atoms with E-state index in [4.69, 9.17) is 0 Å². The normalized spacial score (nSPS) is 27.0. The number of nitrogens with one attached hydrogen (secondary N) is 1. The van der Waals surface area contributed by atoms with Crippen molar-refractivity contribution in [1.82, 2.24) is 10.2 Å². The maximum absolute atomic E-state index is 3.61. The van der Waals surface area contributed by atoms with Gasteiger partial charge in [-0.1, -0.05) is 13.8 Å². The van der Waals surface area contributed by atoms with E-state index in [0.717, 1.165) is 18.5 Å². The van der Waals surface area contributed by atoms with Crippen LogP contribution in [0, 0.1) is 5.92 Å². The fourth-order valence-corrected chi connectivity index (χ4v) is 1.79. The Kier molecular flexibility index (Phi) is 4.20. The van der Waals surface area contributed by atoms with Gasteiger partial charge in [0.1, 0.15) is 0 Å². The predicted molar refractivity (Wildman–Crippen MR) is 58.0 cm³/mol. The third-order valence-corrected chi connectivity index (χ3v) is 3.35. The lowest BCUT2D eigenvalue weighted by molar-refractivity contribution is 0.283. The van der Waals surface area contributed by atoms with Crippen LogP contribution in [-0.2, 0) is 0 Å². The van der Waals surface area contributed by atoms with E-state index in [1.165, 1.54) is 19.4 Å². The van der Waals surface area contributed by atoms with Gasteiger partial charge in [0.15, 0.2) is 0 Å². The monoisotopic (exact) mass is 184 g/mol. The number of likely N-dealkylation sites (N-methyl/N-ethyl adjacent to an activating group) is 1. The molecule has 0 aromatic carbocycles. The van der Waals surface area contributed by atoms with Crippen molar-refractivity contribution in [3.05, 3.63) is 0 Å². The molecule has 1 saturated heterocycles. The Labute approximate surface area is 82.7 Å². The van der Waals surface area contributed by atoms with Gasteiger partial charge in [-0.2, -0.15) is 0 Å². The highest BCUT2D eigenvalue weighted by Crippen LogP contribution is 2.14. The van der Waals surface area contributed by atoms with Crippen LogP contribution < -0.4 is 5.32 Å². The Hall–Kier alpha value is -0.0800. The van der Waals surface area contributed by atoms with Gasteiger partial charge in [-0.25, -0.2) is 0 Å². The van der Waals surface area contributed by atoms with Crippen LogP contribution in [0.5, 0.6) is 0 Å². The molecule has 0 spiro atoms. The molecule has 0 aromatic rings. The van der Waals surface area contributed by atoms with Crippen LogP contribution in [0.2, 0.25) is 0 Å². The zero-order chi connectivity index (χ0) is 9.84. The molecular formula is C11H24N2. The summed E-state index contributed by atoms with van der Waals surface area (Å²) in [5, 5.41) is 3.61. The molecule has 1 aliphatic heterocycles. The first kappa shape index (κ1) is 11.0. The van der Waals surface area contributed by atoms with E-state index in [1.54, 1.807) is 0 Å². The van der Waals surface area contributed by atoms with E-state index >= 15 is 0 Å². The van der Waals surface area contributed by atoms with Crippen LogP contribution in [0.15, 0.2) is 0 Å². The summed E-state index contributed by atoms with van der Waals surface area (Å²) in [7, 11) is 2.24. The van der Waals surface area contributed by atoms with E-state index in [-0.39, 0.29) is 0 Å². The van der Waals surface area contributed by atoms with Crippen LogP contribution >= 0.6 is 0 Å². The van der Waals surface area contributed by atoms with Gasteiger partial charge in [0, 0.05) is 18.6 Å². The molecule has 13 heavy (non-hydrogen) atoms. The van der Waals surface area contributed by atoms with Crippen LogP contribution in [-0.4, -0.2) is 37.1 Å². The first-order valence-corrected chi connectivity index (χ1v) is 5.55. The van der Waals surface area contributed by atoms with Crippen molar-refractivity contribution in [2.75, 3.05) is 20.1 Å². The van der Waals surface area contributed by atoms with Gasteiger partial charge in [0.25, 0.3) is 0 Å². The highest BCUT2D eigenvalue weighted by Gasteiger charge is 2.21. The van der Waals surface area contributed by atoms with Gasteiger partial charge >= 0.3 is 0 Å². The molecule has 2 heteroatoms. The molecule has 1 heterocycles. The van der Waals surface area contributed by atoms with Crippen molar-refractivity contribution in [3.63, 3.8) is 0 Å². The molecule has 1 aliphatic rings. The molecular weight excluding hydrogens is 160 g/mol. The van der Waals surface area contributed by atoms with Crippen LogP contribution in [0.4, 0.5) is 0 Å². The highest BCUT2D eigenvalue weighted by atomic mass is 15.2. The second-order valence-electron chi connectivity index (χ2n) is 4.72. The summed E-state index contributed by atoms with van der Waals surface area (Å²) in [6.45, 7) is 9.27. The van der Waals surface area contributed by atoms with Crippen molar-refractivity contribution in [1.29, 1.82) is 0 Å². The minimum atomic E-state index is 0.647. The molecule has 1 rings (SSSR count). The molecule has 0 amide bonds. The van der Waals surface area contributed by atoms with Gasteiger partial charge in [-0.3, -0.25) is 0 Å². The Balaban J connectivity index is 2.18. The fourth-order valence-electron chi connectivity index (χ4n) is 1.79. The summed E-state index contributed by atoms with van der Waals surface area (Å²) < 4.78 is 0. The average molecular weight is 184 g/mol. The minimum Gasteiger partial charge on any atom is -0.312 e. The third-order valence-electron chi connectivity index (χ3n) is 3.35. The summed E-state index contributed by atoms with van der Waals surface area (Å²) in [4.78, 5) is 2.47. The molecule has 2 nitrogen and oxygen atoms in total. The van der Waals surface area contributed by atoms with E-state index < -0.39 is 0 Å². The fraction of sp³-hybridized carbons (Fsp3) is 1.00. The van der Waals surface area contributed by atoms with Crippen molar-refractivity contribution in [3.8, 4) is 0 Å². The molecule has 0 radical (unpaired) electrons. The quantitative estimate of drug-likeness (QED) is 0.715. The summed E-state index contributed by atoms with van der Waals surface area (Å²) >= 11 is 0. The lowest BCUT2D eigenvalue weighted by Gasteiger charge is -2.24. The first-order chi connectivity index (χ1) is 6.11. The van der Waals surface area contributed by atoms with Crippen molar-refractivity contribution in [2.24, 2.45) is 5.92 Å². The molecule has 2 atom stereocenters. The molecule has 0 saturated carbocycles. The Morgan fingerprint density at radius 3 is 2.54 bits per heavy atom. The van der Waals surface area contributed by atoms with Gasteiger partial charge in [0.05, 0.1) is 0 Å². The largest absolute Gasteiger partial charge is 0.312 e. The standard InChI is InChI=1S/C11H24N2/c1-9(2)10(3)12-8-11-6-5-7-13(11)4/h9-12H,5-8H2,1-4H3. The zero-order valence-electron chi connectivity index (χ0n) is 9.51. The summed E-state index contributed by atoms with van der Waals surface area (Å²) in [6.07, 6.45) is 2.74. The second-order valence-corrected chi connectivity index (χ2v) is 4.72. The average Bonchev–Trinajstić information content (AvgIpc) is 2.47. The van der Waals surface area contributed by atoms with Gasteiger partial charge in [-0.05, 0) is 39.3 Å². The van der Waals surface area contributed by atoms with E-state index in [0.29, 0.717) is 6.04 Å². The van der Waals surface area contributed by atoms with Crippen molar-refractivity contribution in [2.45, 2.75) is 45.7 Å². The van der Waals surface area contributed by atoms with Crippen molar-refractivity contribution >= 4 is 0 Å². The van der Waals surface area contributed by atoms with E-state index in [2.05, 4.69) is 38.0 Å². The molecule has 0 aromatic heterocycles. The Morgan fingerprint density at radius 1 is 1.38 bits per heavy atom. The number of rotatable bonds is 4. The van der Waals surface area contributed by atoms with E-state index in [1.807, 2.05) is 0 Å². The maximum atomic E-state index is 3.61. The molecule has 1 N–H and O–H groups in total. The van der Waals surface area contributed by atoms with E-state index in [9.17, 15) is 0 Å².